The first-order valence-electron chi connectivity index (χ1n) is 8.98. The average Bonchev–Trinajstić information content (AvgIpc) is 2.75. The number of hydrogen-bond acceptors (Lipinski definition) is 4. The molecule has 1 unspecified atom stereocenters. The minimum Gasteiger partial charge on any atom is -0.510 e. The van der Waals surface area contributed by atoms with Crippen LogP contribution in [0.1, 0.15) is 11.1 Å². The third kappa shape index (κ3) is 2.89. The summed E-state index contributed by atoms with van der Waals surface area (Å²) >= 11 is 3.32. The van der Waals surface area contributed by atoms with Crippen LogP contribution in [0.3, 0.4) is 0 Å². The highest BCUT2D eigenvalue weighted by Crippen LogP contribution is 2.41. The van der Waals surface area contributed by atoms with Gasteiger partial charge in [0.2, 0.25) is 0 Å². The van der Waals surface area contributed by atoms with E-state index in [1.165, 1.54) is 0 Å². The third-order valence-corrected chi connectivity index (χ3v) is 6.81. The van der Waals surface area contributed by atoms with Gasteiger partial charge in [-0.2, -0.15) is 0 Å². The number of allylic oxidation sites excluding steroid dienone is 7. The van der Waals surface area contributed by atoms with E-state index in [-0.39, 0.29) is 11.5 Å². The molecular weight excluding hydrogens is 384 g/mol. The standard InChI is InChI=1S/C24H16O2S2/c25-23-19(13-15-9-11-27-21-7-3-1-5-17(15)21)24(26)20(23)14-16-10-12-28-22-8-4-2-6-18(16)22/h1-14,19,25H. The summed E-state index contributed by atoms with van der Waals surface area (Å²) in [7, 11) is 0. The zero-order valence-electron chi connectivity index (χ0n) is 14.8. The topological polar surface area (TPSA) is 37.3 Å². The summed E-state index contributed by atoms with van der Waals surface area (Å²) in [6.45, 7) is 0. The number of aliphatic hydroxyl groups is 1. The number of hydrogen-bond donors (Lipinski definition) is 1. The van der Waals surface area contributed by atoms with E-state index in [0.29, 0.717) is 5.57 Å². The van der Waals surface area contributed by atoms with Crippen molar-refractivity contribution >= 4 is 40.5 Å². The number of thioether (sulfide) groups is 2. The van der Waals surface area contributed by atoms with Crippen molar-refractivity contribution in [2.24, 2.45) is 5.92 Å². The van der Waals surface area contributed by atoms with Gasteiger partial charge in [0.25, 0.3) is 0 Å². The van der Waals surface area contributed by atoms with Crippen molar-refractivity contribution in [2.45, 2.75) is 9.79 Å². The fourth-order valence-electron chi connectivity index (χ4n) is 3.57. The maximum atomic E-state index is 12.8. The Morgan fingerprint density at radius 3 is 2.04 bits per heavy atom. The van der Waals surface area contributed by atoms with Crippen molar-refractivity contribution in [2.75, 3.05) is 0 Å². The van der Waals surface area contributed by atoms with E-state index in [4.69, 9.17) is 0 Å². The van der Waals surface area contributed by atoms with Crippen molar-refractivity contribution in [3.63, 3.8) is 0 Å². The molecule has 2 heterocycles. The number of Topliss-reactive ketones (excluding diaryl/α,β-unsaturated/α-hetero) is 1. The summed E-state index contributed by atoms with van der Waals surface area (Å²) in [5, 5.41) is 14.6. The van der Waals surface area contributed by atoms with Crippen molar-refractivity contribution in [1.29, 1.82) is 0 Å². The monoisotopic (exact) mass is 400 g/mol. The van der Waals surface area contributed by atoms with Gasteiger partial charge in [-0.05, 0) is 63.5 Å². The maximum Gasteiger partial charge on any atom is 0.180 e. The van der Waals surface area contributed by atoms with Gasteiger partial charge in [0.15, 0.2) is 5.78 Å². The predicted octanol–water partition coefficient (Wildman–Crippen LogP) is 6.40. The SMILES string of the molecule is O=C1C(C=C2C=CSc3ccccc32)=C(O)C1C=C1C=CSc2ccccc21. The second kappa shape index (κ2) is 7.04. The Morgan fingerprint density at radius 2 is 1.39 bits per heavy atom. The van der Waals surface area contributed by atoms with Crippen LogP contribution < -0.4 is 0 Å². The second-order valence-electron chi connectivity index (χ2n) is 6.70. The van der Waals surface area contributed by atoms with Crippen molar-refractivity contribution in [3.8, 4) is 0 Å². The quantitative estimate of drug-likeness (QED) is 0.633. The molecule has 0 aromatic heterocycles. The Morgan fingerprint density at radius 1 is 0.821 bits per heavy atom. The molecule has 0 fully saturated rings. The first-order chi connectivity index (χ1) is 13.7. The lowest BCUT2D eigenvalue weighted by molar-refractivity contribution is -0.120. The molecule has 1 atom stereocenters. The van der Waals surface area contributed by atoms with Crippen molar-refractivity contribution in [1.82, 2.24) is 0 Å². The Kier molecular flexibility index (Phi) is 4.38. The molecule has 0 radical (unpaired) electrons. The normalized spacial score (nSPS) is 23.0. The fraction of sp³-hybridized carbons (Fsp3) is 0.0417. The summed E-state index contributed by atoms with van der Waals surface area (Å²) in [6, 6.07) is 16.2. The largest absolute Gasteiger partial charge is 0.510 e. The summed E-state index contributed by atoms with van der Waals surface area (Å²) in [5.74, 6) is -0.455. The molecule has 4 heteroatoms. The van der Waals surface area contributed by atoms with E-state index >= 15 is 0 Å². The summed E-state index contributed by atoms with van der Waals surface area (Å²) < 4.78 is 0. The highest BCUT2D eigenvalue weighted by molar-refractivity contribution is 8.02. The Bertz CT molecular complexity index is 1150. The number of benzene rings is 2. The lowest BCUT2D eigenvalue weighted by atomic mass is 9.79. The number of ketones is 1. The van der Waals surface area contributed by atoms with Gasteiger partial charge < -0.3 is 5.11 Å². The van der Waals surface area contributed by atoms with Crippen LogP contribution in [-0.4, -0.2) is 10.9 Å². The summed E-state index contributed by atoms with van der Waals surface area (Å²) in [5.41, 5.74) is 4.53. The molecule has 0 saturated heterocycles. The zero-order chi connectivity index (χ0) is 19.1. The molecule has 0 spiro atoms. The van der Waals surface area contributed by atoms with Crippen LogP contribution in [-0.2, 0) is 4.79 Å². The molecule has 3 aliphatic rings. The van der Waals surface area contributed by atoms with Crippen LogP contribution in [0.4, 0.5) is 0 Å². The predicted molar refractivity (Wildman–Crippen MR) is 117 cm³/mol. The van der Waals surface area contributed by atoms with Crippen LogP contribution in [0, 0.1) is 5.92 Å². The van der Waals surface area contributed by atoms with Gasteiger partial charge in [-0.3, -0.25) is 4.79 Å². The number of rotatable bonds is 2. The smallest absolute Gasteiger partial charge is 0.180 e. The molecule has 0 bridgehead atoms. The van der Waals surface area contributed by atoms with E-state index in [1.807, 2.05) is 71.5 Å². The molecule has 2 aromatic rings. The molecule has 0 amide bonds. The van der Waals surface area contributed by atoms with Gasteiger partial charge in [-0.25, -0.2) is 0 Å². The van der Waals surface area contributed by atoms with Gasteiger partial charge in [0.1, 0.15) is 5.76 Å². The Balaban J connectivity index is 1.49. The molecule has 2 aromatic carbocycles. The maximum absolute atomic E-state index is 12.8. The first-order valence-corrected chi connectivity index (χ1v) is 10.7. The average molecular weight is 401 g/mol. The van der Waals surface area contributed by atoms with Gasteiger partial charge in [-0.15, -0.1) is 0 Å². The second-order valence-corrected chi connectivity index (χ2v) is 8.59. The van der Waals surface area contributed by atoms with Crippen molar-refractivity contribution < 1.29 is 9.90 Å². The zero-order valence-corrected chi connectivity index (χ0v) is 16.5. The summed E-state index contributed by atoms with van der Waals surface area (Å²) in [6.07, 6.45) is 7.67. The van der Waals surface area contributed by atoms with Crippen LogP contribution in [0.2, 0.25) is 0 Å². The van der Waals surface area contributed by atoms with Gasteiger partial charge in [0, 0.05) is 9.79 Å². The van der Waals surface area contributed by atoms with Crippen LogP contribution in [0.15, 0.2) is 105 Å². The molecule has 136 valence electrons. The molecule has 1 N–H and O–H groups in total. The van der Waals surface area contributed by atoms with E-state index in [0.717, 1.165) is 32.1 Å². The number of carbonyl (C=O) groups is 1. The van der Waals surface area contributed by atoms with E-state index < -0.39 is 5.92 Å². The lowest BCUT2D eigenvalue weighted by Crippen LogP contribution is -2.29. The van der Waals surface area contributed by atoms with E-state index in [1.54, 1.807) is 23.5 Å². The van der Waals surface area contributed by atoms with Crippen molar-refractivity contribution in [3.05, 3.63) is 106 Å². The third-order valence-electron chi connectivity index (χ3n) is 5.05. The highest BCUT2D eigenvalue weighted by atomic mass is 32.2. The van der Waals surface area contributed by atoms with E-state index in [2.05, 4.69) is 12.1 Å². The molecule has 5 rings (SSSR count). The highest BCUT2D eigenvalue weighted by Gasteiger charge is 2.37. The van der Waals surface area contributed by atoms with Crippen LogP contribution in [0.5, 0.6) is 0 Å². The summed E-state index contributed by atoms with van der Waals surface area (Å²) in [4.78, 5) is 15.1. The minimum absolute atomic E-state index is 0.0364. The van der Waals surface area contributed by atoms with Crippen LogP contribution in [0.25, 0.3) is 11.1 Å². The molecule has 28 heavy (non-hydrogen) atoms. The van der Waals surface area contributed by atoms with Gasteiger partial charge >= 0.3 is 0 Å². The molecule has 2 nitrogen and oxygen atoms in total. The van der Waals surface area contributed by atoms with Gasteiger partial charge in [0.05, 0.1) is 11.5 Å². The molecule has 2 aliphatic heterocycles. The molecular formula is C24H16O2S2. The van der Waals surface area contributed by atoms with Gasteiger partial charge in [-0.1, -0.05) is 66.0 Å². The molecule has 1 aliphatic carbocycles. The van der Waals surface area contributed by atoms with Crippen LogP contribution >= 0.6 is 23.5 Å². The fourth-order valence-corrected chi connectivity index (χ4v) is 5.23. The van der Waals surface area contributed by atoms with E-state index in [9.17, 15) is 9.90 Å². The molecule has 0 saturated carbocycles. The number of fused-ring (bicyclic) bond motifs is 2. The minimum atomic E-state index is -0.570. The first kappa shape index (κ1) is 17.4. The number of aliphatic hydroxyl groups excluding tert-OH is 1. The lowest BCUT2D eigenvalue weighted by Gasteiger charge is -2.26. The number of carbonyl (C=O) groups excluding carboxylic acids is 1. The Labute approximate surface area is 172 Å². The Hall–Kier alpha value is -2.69.